The smallest absolute Gasteiger partial charge is 0.238 e. The van der Waals surface area contributed by atoms with Crippen molar-refractivity contribution in [3.8, 4) is 5.75 Å². The van der Waals surface area contributed by atoms with Gasteiger partial charge in [-0.3, -0.25) is 14.9 Å². The van der Waals surface area contributed by atoms with Gasteiger partial charge in [-0.25, -0.2) is 0 Å². The highest BCUT2D eigenvalue weighted by Crippen LogP contribution is 2.47. The number of para-hydroxylation sites is 1. The number of carbonyl (C=O) groups excluding carboxylic acids is 2. The zero-order valence-corrected chi connectivity index (χ0v) is 10.2. The first-order valence-corrected chi connectivity index (χ1v) is 6.35. The first-order chi connectivity index (χ1) is 8.13. The van der Waals surface area contributed by atoms with E-state index in [1.807, 2.05) is 0 Å². The van der Waals surface area contributed by atoms with Gasteiger partial charge in [0, 0.05) is 12.0 Å². The molecule has 1 saturated heterocycles. The molecule has 1 N–H and O–H groups in total. The normalized spacial score (nSPS) is 26.6. The van der Waals surface area contributed by atoms with Crippen LogP contribution in [0.1, 0.15) is 12.0 Å². The lowest BCUT2D eigenvalue weighted by molar-refractivity contribution is -0.126. The molecular formula is C11H8ClNO3S. The van der Waals surface area contributed by atoms with Crippen molar-refractivity contribution in [2.75, 3.05) is 5.75 Å². The second-order valence-electron chi connectivity index (χ2n) is 4.10. The van der Waals surface area contributed by atoms with Crippen molar-refractivity contribution in [3.05, 3.63) is 28.8 Å². The predicted molar refractivity (Wildman–Crippen MR) is 64.0 cm³/mol. The van der Waals surface area contributed by atoms with Crippen molar-refractivity contribution in [1.82, 2.24) is 5.32 Å². The Balaban J connectivity index is 2.20. The fraction of sp³-hybridized carbons (Fsp3) is 0.273. The number of rotatable bonds is 0. The van der Waals surface area contributed by atoms with Gasteiger partial charge in [-0.1, -0.05) is 23.7 Å². The Morgan fingerprint density at radius 1 is 1.41 bits per heavy atom. The van der Waals surface area contributed by atoms with Crippen LogP contribution in [-0.4, -0.2) is 17.6 Å². The summed E-state index contributed by atoms with van der Waals surface area (Å²) in [5.41, 5.74) is -0.118. The third-order valence-corrected chi connectivity index (χ3v) is 4.27. The molecule has 1 fully saturated rings. The molecule has 0 bridgehead atoms. The van der Waals surface area contributed by atoms with Gasteiger partial charge in [0.25, 0.3) is 0 Å². The average molecular weight is 270 g/mol. The highest BCUT2D eigenvalue weighted by molar-refractivity contribution is 7.95. The zero-order valence-electron chi connectivity index (χ0n) is 8.66. The van der Waals surface area contributed by atoms with Crippen molar-refractivity contribution < 1.29 is 13.8 Å². The van der Waals surface area contributed by atoms with Gasteiger partial charge in [0.2, 0.25) is 11.8 Å². The largest absolute Gasteiger partial charge is 0.424 e. The van der Waals surface area contributed by atoms with E-state index in [1.54, 1.807) is 18.2 Å². The number of benzene rings is 1. The molecule has 3 rings (SSSR count). The van der Waals surface area contributed by atoms with Crippen molar-refractivity contribution in [3.63, 3.8) is 0 Å². The molecule has 1 aromatic carbocycles. The van der Waals surface area contributed by atoms with Crippen LogP contribution in [0.3, 0.4) is 0 Å². The van der Waals surface area contributed by atoms with Gasteiger partial charge in [-0.15, -0.1) is 0 Å². The Hall–Kier alpha value is -1.20. The molecule has 1 atom stereocenters. The van der Waals surface area contributed by atoms with Crippen LogP contribution in [0.5, 0.6) is 5.75 Å². The second kappa shape index (κ2) is 3.65. The van der Waals surface area contributed by atoms with Gasteiger partial charge in [0.05, 0.1) is 28.2 Å². The lowest BCUT2D eigenvalue weighted by atomic mass is 9.80. The maximum Gasteiger partial charge on any atom is 0.238 e. The summed E-state index contributed by atoms with van der Waals surface area (Å²) in [6, 6.07) is 5.26. The average Bonchev–Trinajstić information content (AvgIpc) is 2.56. The van der Waals surface area contributed by atoms with Crippen molar-refractivity contribution >= 4 is 35.5 Å². The monoisotopic (exact) mass is 269 g/mol. The summed E-state index contributed by atoms with van der Waals surface area (Å²) in [6.07, 6.45) is 0.162. The summed E-state index contributed by atoms with van der Waals surface area (Å²) < 4.78 is 5.42. The molecule has 2 aliphatic rings. The Labute approximate surface area is 107 Å². The Morgan fingerprint density at radius 2 is 2.24 bits per heavy atom. The summed E-state index contributed by atoms with van der Waals surface area (Å²) in [5, 5.41) is 2.81. The van der Waals surface area contributed by atoms with Gasteiger partial charge in [0.15, 0.2) is 5.75 Å². The Bertz CT molecular complexity index is 533. The number of nitrogens with one attached hydrogen (secondary N) is 1. The lowest BCUT2D eigenvalue weighted by Gasteiger charge is -2.31. The first kappa shape index (κ1) is 10.9. The molecule has 0 aromatic heterocycles. The third-order valence-electron chi connectivity index (χ3n) is 3.08. The van der Waals surface area contributed by atoms with Gasteiger partial charge in [0.1, 0.15) is 0 Å². The molecule has 2 aliphatic heterocycles. The maximum absolute atomic E-state index is 12.0. The summed E-state index contributed by atoms with van der Waals surface area (Å²) >= 11 is 7.19. The van der Waals surface area contributed by atoms with Crippen LogP contribution >= 0.6 is 23.6 Å². The van der Waals surface area contributed by atoms with Gasteiger partial charge >= 0.3 is 0 Å². The Morgan fingerprint density at radius 3 is 2.94 bits per heavy atom. The topological polar surface area (TPSA) is 55.4 Å². The fourth-order valence-corrected chi connectivity index (χ4v) is 3.42. The van der Waals surface area contributed by atoms with E-state index in [2.05, 4.69) is 5.32 Å². The van der Waals surface area contributed by atoms with E-state index in [4.69, 9.17) is 15.8 Å². The van der Waals surface area contributed by atoms with Gasteiger partial charge in [-0.2, -0.15) is 0 Å². The number of amides is 2. The quantitative estimate of drug-likeness (QED) is 0.575. The molecular weight excluding hydrogens is 262 g/mol. The highest BCUT2D eigenvalue weighted by Gasteiger charge is 2.52. The standard InChI is InChI=1S/C11H8ClNO3S/c12-7-3-1-2-6-9(7)16-17-5-11(6)4-8(14)13-10(11)15/h1-3H,4-5H2,(H,13,14,15). The number of fused-ring (bicyclic) bond motifs is 2. The number of hydrogen-bond acceptors (Lipinski definition) is 4. The number of carbonyl (C=O) groups is 2. The van der Waals surface area contributed by atoms with E-state index >= 15 is 0 Å². The van der Waals surface area contributed by atoms with Gasteiger partial charge < -0.3 is 4.18 Å². The van der Waals surface area contributed by atoms with E-state index < -0.39 is 5.41 Å². The molecule has 1 spiro atoms. The van der Waals surface area contributed by atoms with Crippen molar-refractivity contribution in [2.24, 2.45) is 0 Å². The maximum atomic E-state index is 12.0. The van der Waals surface area contributed by atoms with Crippen molar-refractivity contribution in [1.29, 1.82) is 0 Å². The van der Waals surface area contributed by atoms with Crippen LogP contribution in [0, 0.1) is 0 Å². The molecule has 1 aromatic rings. The third kappa shape index (κ3) is 1.46. The molecule has 4 nitrogen and oxygen atoms in total. The van der Waals surface area contributed by atoms with Crippen LogP contribution in [0.25, 0.3) is 0 Å². The number of imide groups is 1. The van der Waals surface area contributed by atoms with Crippen molar-refractivity contribution in [2.45, 2.75) is 11.8 Å². The summed E-state index contributed by atoms with van der Waals surface area (Å²) in [7, 11) is 0. The van der Waals surface area contributed by atoms with Crippen LogP contribution in [0.2, 0.25) is 5.02 Å². The minimum Gasteiger partial charge on any atom is -0.424 e. The van der Waals surface area contributed by atoms with Crippen LogP contribution in [0.4, 0.5) is 0 Å². The Kier molecular flexibility index (Phi) is 2.34. The number of hydrogen-bond donors (Lipinski definition) is 1. The highest BCUT2D eigenvalue weighted by atomic mass is 35.5. The van der Waals surface area contributed by atoms with Gasteiger partial charge in [-0.05, 0) is 6.07 Å². The summed E-state index contributed by atoms with van der Waals surface area (Å²) in [6.45, 7) is 0. The summed E-state index contributed by atoms with van der Waals surface area (Å²) in [5.74, 6) is 0.415. The van der Waals surface area contributed by atoms with E-state index in [9.17, 15) is 9.59 Å². The zero-order chi connectivity index (χ0) is 12.0. The van der Waals surface area contributed by atoms with Crippen LogP contribution in [0.15, 0.2) is 18.2 Å². The number of halogens is 1. The molecule has 6 heteroatoms. The van der Waals surface area contributed by atoms with E-state index in [0.29, 0.717) is 22.1 Å². The van der Waals surface area contributed by atoms with Crippen LogP contribution in [-0.2, 0) is 15.0 Å². The minimum absolute atomic E-state index is 0.162. The van der Waals surface area contributed by atoms with E-state index in [0.717, 1.165) is 12.0 Å². The first-order valence-electron chi connectivity index (χ1n) is 5.06. The molecule has 88 valence electrons. The molecule has 0 saturated carbocycles. The van der Waals surface area contributed by atoms with E-state index in [-0.39, 0.29) is 18.2 Å². The summed E-state index contributed by atoms with van der Waals surface area (Å²) in [4.78, 5) is 23.4. The molecule has 0 aliphatic carbocycles. The van der Waals surface area contributed by atoms with E-state index in [1.165, 1.54) is 0 Å². The fourth-order valence-electron chi connectivity index (χ4n) is 2.22. The molecule has 1 unspecified atom stereocenters. The minimum atomic E-state index is -0.819. The predicted octanol–water partition coefficient (Wildman–Crippen LogP) is 1.66. The molecule has 0 radical (unpaired) electrons. The van der Waals surface area contributed by atoms with Crippen LogP contribution < -0.4 is 9.50 Å². The lowest BCUT2D eigenvalue weighted by Crippen LogP contribution is -2.40. The second-order valence-corrected chi connectivity index (χ2v) is 5.20. The molecule has 2 heterocycles. The SMILES string of the molecule is O=C1CC2(CSOc3c(Cl)cccc32)C(=O)N1. The molecule has 2 amide bonds. The molecule has 17 heavy (non-hydrogen) atoms.